The van der Waals surface area contributed by atoms with E-state index >= 15 is 0 Å². The summed E-state index contributed by atoms with van der Waals surface area (Å²) in [6, 6.07) is 8.58. The van der Waals surface area contributed by atoms with Crippen LogP contribution in [-0.4, -0.2) is 31.1 Å². The Morgan fingerprint density at radius 2 is 2.18 bits per heavy atom. The van der Waals surface area contributed by atoms with Gasteiger partial charge in [0, 0.05) is 27.8 Å². The van der Waals surface area contributed by atoms with Gasteiger partial charge in [0.2, 0.25) is 0 Å². The highest BCUT2D eigenvalue weighted by molar-refractivity contribution is 8.00. The van der Waals surface area contributed by atoms with Crippen molar-refractivity contribution in [2.24, 2.45) is 0 Å². The zero-order chi connectivity index (χ0) is 12.1. The van der Waals surface area contributed by atoms with Crippen LogP contribution in [0.3, 0.4) is 0 Å². The molecule has 94 valence electrons. The summed E-state index contributed by atoms with van der Waals surface area (Å²) >= 11 is 7.76. The van der Waals surface area contributed by atoms with E-state index in [9.17, 15) is 0 Å². The smallest absolute Gasteiger partial charge is 0.0603 e. The van der Waals surface area contributed by atoms with E-state index in [1.807, 2.05) is 23.9 Å². The van der Waals surface area contributed by atoms with Crippen molar-refractivity contribution < 1.29 is 4.74 Å². The molecule has 1 aliphatic heterocycles. The highest BCUT2D eigenvalue weighted by Gasteiger charge is 2.25. The molecule has 0 aromatic heterocycles. The van der Waals surface area contributed by atoms with E-state index in [4.69, 9.17) is 16.3 Å². The molecule has 0 bridgehead atoms. The van der Waals surface area contributed by atoms with E-state index in [2.05, 4.69) is 24.4 Å². The van der Waals surface area contributed by atoms with E-state index in [0.29, 0.717) is 11.3 Å². The maximum Gasteiger partial charge on any atom is 0.0603 e. The van der Waals surface area contributed by atoms with E-state index < -0.39 is 0 Å². The standard InChI is InChI=1S/C13H18ClNOS/c1-2-15-12-7-8-16-9-13(12)17-11-5-3-10(14)4-6-11/h3-6,12-13,15H,2,7-9H2,1H3. The summed E-state index contributed by atoms with van der Waals surface area (Å²) in [5.41, 5.74) is 0. The highest BCUT2D eigenvalue weighted by Crippen LogP contribution is 2.29. The van der Waals surface area contributed by atoms with Crippen molar-refractivity contribution in [1.82, 2.24) is 5.32 Å². The number of benzene rings is 1. The summed E-state index contributed by atoms with van der Waals surface area (Å²) in [6.45, 7) is 4.86. The Bertz CT molecular complexity index is 342. The molecule has 1 aliphatic rings. The summed E-state index contributed by atoms with van der Waals surface area (Å²) in [4.78, 5) is 1.26. The minimum atomic E-state index is 0.491. The Kier molecular flexibility index (Phi) is 5.16. The molecule has 4 heteroatoms. The van der Waals surface area contributed by atoms with Crippen LogP contribution in [-0.2, 0) is 4.74 Å². The molecular formula is C13H18ClNOS. The Morgan fingerprint density at radius 1 is 1.41 bits per heavy atom. The van der Waals surface area contributed by atoms with Crippen LogP contribution in [0, 0.1) is 0 Å². The Balaban J connectivity index is 1.97. The fourth-order valence-corrected chi connectivity index (χ4v) is 3.34. The number of hydrogen-bond donors (Lipinski definition) is 1. The Morgan fingerprint density at radius 3 is 2.88 bits per heavy atom. The lowest BCUT2D eigenvalue weighted by Gasteiger charge is -2.31. The zero-order valence-corrected chi connectivity index (χ0v) is 11.6. The van der Waals surface area contributed by atoms with Gasteiger partial charge in [-0.15, -0.1) is 11.8 Å². The second-order valence-electron chi connectivity index (χ2n) is 4.14. The van der Waals surface area contributed by atoms with Crippen molar-refractivity contribution in [1.29, 1.82) is 0 Å². The van der Waals surface area contributed by atoms with Gasteiger partial charge < -0.3 is 10.1 Å². The van der Waals surface area contributed by atoms with Gasteiger partial charge in [-0.2, -0.15) is 0 Å². The van der Waals surface area contributed by atoms with Crippen molar-refractivity contribution in [3.05, 3.63) is 29.3 Å². The lowest BCUT2D eigenvalue weighted by Crippen LogP contribution is -2.44. The molecule has 2 nitrogen and oxygen atoms in total. The van der Waals surface area contributed by atoms with Crippen molar-refractivity contribution in [2.75, 3.05) is 19.8 Å². The first kappa shape index (κ1) is 13.2. The molecule has 1 fully saturated rings. The molecule has 2 unspecified atom stereocenters. The second-order valence-corrected chi connectivity index (χ2v) is 5.89. The molecule has 1 saturated heterocycles. The highest BCUT2D eigenvalue weighted by atomic mass is 35.5. The average Bonchev–Trinajstić information content (AvgIpc) is 2.35. The maximum absolute atomic E-state index is 5.89. The van der Waals surface area contributed by atoms with Gasteiger partial charge in [-0.1, -0.05) is 18.5 Å². The SMILES string of the molecule is CCNC1CCOCC1Sc1ccc(Cl)cc1. The predicted molar refractivity (Wildman–Crippen MR) is 74.0 cm³/mol. The molecule has 0 radical (unpaired) electrons. The third-order valence-electron chi connectivity index (χ3n) is 2.87. The van der Waals surface area contributed by atoms with E-state index in [1.54, 1.807) is 0 Å². The number of ether oxygens (including phenoxy) is 1. The molecule has 17 heavy (non-hydrogen) atoms. The first-order valence-corrected chi connectivity index (χ1v) is 7.28. The number of rotatable bonds is 4. The lowest BCUT2D eigenvalue weighted by molar-refractivity contribution is 0.0837. The Hall–Kier alpha value is -0.220. The monoisotopic (exact) mass is 271 g/mol. The average molecular weight is 272 g/mol. The molecular weight excluding hydrogens is 254 g/mol. The zero-order valence-electron chi connectivity index (χ0n) is 9.99. The number of thioether (sulfide) groups is 1. The fourth-order valence-electron chi connectivity index (χ4n) is 2.01. The predicted octanol–water partition coefficient (Wildman–Crippen LogP) is 3.20. The van der Waals surface area contributed by atoms with E-state index in [0.717, 1.165) is 31.2 Å². The van der Waals surface area contributed by atoms with Crippen LogP contribution in [0.25, 0.3) is 0 Å². The van der Waals surface area contributed by atoms with Gasteiger partial charge in [-0.3, -0.25) is 0 Å². The molecule has 2 atom stereocenters. The molecule has 2 rings (SSSR count). The van der Waals surface area contributed by atoms with Gasteiger partial charge in [0.15, 0.2) is 0 Å². The van der Waals surface area contributed by atoms with E-state index in [-0.39, 0.29) is 0 Å². The Labute approximate surface area is 112 Å². The maximum atomic E-state index is 5.89. The van der Waals surface area contributed by atoms with Crippen LogP contribution in [0.4, 0.5) is 0 Å². The van der Waals surface area contributed by atoms with Gasteiger partial charge in [-0.05, 0) is 37.2 Å². The van der Waals surface area contributed by atoms with Crippen LogP contribution in [0.2, 0.25) is 5.02 Å². The van der Waals surface area contributed by atoms with E-state index in [1.165, 1.54) is 4.90 Å². The van der Waals surface area contributed by atoms with Crippen LogP contribution >= 0.6 is 23.4 Å². The molecule has 0 saturated carbocycles. The fraction of sp³-hybridized carbons (Fsp3) is 0.538. The van der Waals surface area contributed by atoms with Crippen LogP contribution in [0.5, 0.6) is 0 Å². The quantitative estimate of drug-likeness (QED) is 0.909. The minimum absolute atomic E-state index is 0.491. The topological polar surface area (TPSA) is 21.3 Å². The normalized spacial score (nSPS) is 24.8. The molecule has 0 spiro atoms. The first-order valence-electron chi connectivity index (χ1n) is 6.03. The van der Waals surface area contributed by atoms with Crippen molar-refractivity contribution in [3.63, 3.8) is 0 Å². The third-order valence-corrected chi connectivity index (χ3v) is 4.44. The number of nitrogens with one attached hydrogen (secondary N) is 1. The minimum Gasteiger partial charge on any atom is -0.380 e. The van der Waals surface area contributed by atoms with Gasteiger partial charge in [0.1, 0.15) is 0 Å². The third kappa shape index (κ3) is 3.88. The second kappa shape index (κ2) is 6.64. The molecule has 0 amide bonds. The summed E-state index contributed by atoms with van der Waals surface area (Å²) in [5, 5.41) is 4.82. The number of halogens is 1. The summed E-state index contributed by atoms with van der Waals surface area (Å²) in [7, 11) is 0. The molecule has 1 aromatic carbocycles. The first-order chi connectivity index (χ1) is 8.29. The van der Waals surface area contributed by atoms with Gasteiger partial charge in [0.25, 0.3) is 0 Å². The van der Waals surface area contributed by atoms with Crippen molar-refractivity contribution in [3.8, 4) is 0 Å². The van der Waals surface area contributed by atoms with Gasteiger partial charge >= 0.3 is 0 Å². The summed E-state index contributed by atoms with van der Waals surface area (Å²) in [6.07, 6.45) is 1.10. The van der Waals surface area contributed by atoms with Crippen LogP contribution < -0.4 is 5.32 Å². The molecule has 0 aliphatic carbocycles. The van der Waals surface area contributed by atoms with Crippen molar-refractivity contribution in [2.45, 2.75) is 29.5 Å². The van der Waals surface area contributed by atoms with Gasteiger partial charge in [-0.25, -0.2) is 0 Å². The van der Waals surface area contributed by atoms with Crippen molar-refractivity contribution >= 4 is 23.4 Å². The molecule has 1 aromatic rings. The lowest BCUT2D eigenvalue weighted by atomic mass is 10.1. The van der Waals surface area contributed by atoms with Gasteiger partial charge in [0.05, 0.1) is 6.61 Å². The summed E-state index contributed by atoms with van der Waals surface area (Å²) in [5.74, 6) is 0. The molecule has 1 heterocycles. The number of hydrogen-bond acceptors (Lipinski definition) is 3. The summed E-state index contributed by atoms with van der Waals surface area (Å²) < 4.78 is 5.57. The largest absolute Gasteiger partial charge is 0.380 e. The molecule has 1 N–H and O–H groups in total. The van der Waals surface area contributed by atoms with Crippen LogP contribution in [0.15, 0.2) is 29.2 Å². The van der Waals surface area contributed by atoms with Crippen LogP contribution in [0.1, 0.15) is 13.3 Å².